The molecule has 2 heterocycles. The molecule has 0 bridgehead atoms. The number of nitrogens with one attached hydrogen (secondary N) is 5. The summed E-state index contributed by atoms with van der Waals surface area (Å²) < 4.78 is 51.5. The number of aliphatic carboxylic acids is 1. The minimum absolute atomic E-state index is 0.0207. The monoisotopic (exact) mass is 539 g/mol. The molecule has 0 amide bonds. The number of sulfonamides is 1. The molecule has 1 aliphatic heterocycles. The maximum atomic E-state index is 12.9. The summed E-state index contributed by atoms with van der Waals surface area (Å²) >= 11 is 0. The quantitative estimate of drug-likeness (QED) is 0.138. The summed E-state index contributed by atoms with van der Waals surface area (Å²) in [6, 6.07) is 6.50. The van der Waals surface area contributed by atoms with Gasteiger partial charge >= 0.3 is 5.97 Å². The highest BCUT2D eigenvalue weighted by atomic mass is 32.2. The summed E-state index contributed by atoms with van der Waals surface area (Å²) in [6.07, 6.45) is -1.01. The van der Waals surface area contributed by atoms with Crippen LogP contribution in [-0.4, -0.2) is 56.2 Å². The van der Waals surface area contributed by atoms with Gasteiger partial charge in [0, 0.05) is 24.1 Å². The lowest BCUT2D eigenvalue weighted by Gasteiger charge is -2.21. The topological polar surface area (TPSA) is 260 Å². The first-order valence-electron chi connectivity index (χ1n) is 10.5. The number of aromatic amines is 1. The van der Waals surface area contributed by atoms with E-state index in [4.69, 9.17) is 21.7 Å². The van der Waals surface area contributed by atoms with E-state index < -0.39 is 53.6 Å². The van der Waals surface area contributed by atoms with Crippen molar-refractivity contribution in [2.75, 3.05) is 12.3 Å². The van der Waals surface area contributed by atoms with Crippen LogP contribution in [0, 0.1) is 0 Å². The average molecular weight is 540 g/mol. The first-order chi connectivity index (χ1) is 16.9. The summed E-state index contributed by atoms with van der Waals surface area (Å²) in [5.41, 5.74) is 23.5. The molecule has 1 atom stereocenters. The van der Waals surface area contributed by atoms with Gasteiger partial charge in [-0.3, -0.25) is 4.79 Å². The van der Waals surface area contributed by atoms with Crippen LogP contribution in [0.3, 0.4) is 0 Å². The van der Waals surface area contributed by atoms with Gasteiger partial charge in [0.15, 0.2) is 9.84 Å². The second-order valence-electron chi connectivity index (χ2n) is 8.01. The molecule has 0 saturated carbocycles. The molecule has 2 aromatic carbocycles. The minimum Gasteiger partial charge on any atom is -0.480 e. The Labute approximate surface area is 205 Å². The van der Waals surface area contributed by atoms with Crippen LogP contribution in [0.15, 0.2) is 40.1 Å². The summed E-state index contributed by atoms with van der Waals surface area (Å²) in [7, 11) is -8.68. The van der Waals surface area contributed by atoms with E-state index in [1.165, 1.54) is 12.1 Å². The van der Waals surface area contributed by atoms with E-state index in [9.17, 15) is 21.6 Å². The lowest BCUT2D eigenvalue weighted by atomic mass is 9.96. The Morgan fingerprint density at radius 2 is 1.78 bits per heavy atom. The van der Waals surface area contributed by atoms with Gasteiger partial charge in [-0.05, 0) is 17.7 Å². The van der Waals surface area contributed by atoms with Crippen LogP contribution < -0.4 is 38.5 Å². The number of H-pyrrole nitrogens is 1. The molecule has 12 N–H and O–H groups in total. The fourth-order valence-corrected chi connectivity index (χ4v) is 6.80. The number of imidazole rings is 1. The number of hydrogen-bond acceptors (Lipinski definition) is 12. The molecule has 194 valence electrons. The van der Waals surface area contributed by atoms with E-state index in [0.29, 0.717) is 28.0 Å². The van der Waals surface area contributed by atoms with Crippen molar-refractivity contribution in [3.63, 3.8) is 0 Å². The Hall–Kier alpha value is -3.00. The third-order valence-electron chi connectivity index (χ3n) is 5.53. The van der Waals surface area contributed by atoms with Crippen molar-refractivity contribution in [3.05, 3.63) is 41.7 Å². The summed E-state index contributed by atoms with van der Waals surface area (Å²) in [5, 5.41) is 14.7. The Morgan fingerprint density at radius 1 is 1.08 bits per heavy atom. The molecule has 1 saturated heterocycles. The molecule has 0 radical (unpaired) electrons. The van der Waals surface area contributed by atoms with Crippen LogP contribution in [0.1, 0.15) is 17.6 Å². The number of carboxylic acids is 1. The van der Waals surface area contributed by atoms with E-state index in [-0.39, 0.29) is 18.5 Å². The third-order valence-corrected chi connectivity index (χ3v) is 8.45. The van der Waals surface area contributed by atoms with Gasteiger partial charge in [0.2, 0.25) is 10.0 Å². The molecular formula is C19H25N9O6S2. The fourth-order valence-electron chi connectivity index (χ4n) is 3.99. The number of carbonyl (C=O) groups is 1. The van der Waals surface area contributed by atoms with Crippen LogP contribution >= 0.6 is 0 Å². The number of rotatable bonds is 9. The largest absolute Gasteiger partial charge is 0.480 e. The zero-order valence-electron chi connectivity index (χ0n) is 18.6. The molecule has 1 aliphatic rings. The van der Waals surface area contributed by atoms with E-state index in [1.54, 1.807) is 18.2 Å². The fraction of sp³-hybridized carbons (Fsp3) is 0.263. The number of fused-ring (bicyclic) bond motifs is 1. The van der Waals surface area contributed by atoms with Gasteiger partial charge in [0.05, 0.1) is 21.7 Å². The average Bonchev–Trinajstić information content (AvgIpc) is 3.47. The van der Waals surface area contributed by atoms with Gasteiger partial charge in [0.1, 0.15) is 22.9 Å². The number of hydrogen-bond donors (Lipinski definition) is 9. The molecule has 3 aromatic rings. The van der Waals surface area contributed by atoms with Crippen LogP contribution in [0.25, 0.3) is 22.2 Å². The number of nitrogens with zero attached hydrogens (tertiary/aromatic N) is 1. The van der Waals surface area contributed by atoms with E-state index in [2.05, 4.69) is 31.9 Å². The predicted octanol–water partition coefficient (Wildman–Crippen LogP) is -2.32. The van der Waals surface area contributed by atoms with Crippen LogP contribution in [-0.2, 0) is 31.1 Å². The van der Waals surface area contributed by atoms with E-state index in [0.717, 1.165) is 0 Å². The number of nitrogens with two attached hydrogens (primary N) is 3. The Bertz CT molecular complexity index is 1530. The molecule has 0 spiro atoms. The molecule has 1 aromatic heterocycles. The van der Waals surface area contributed by atoms with Crippen LogP contribution in [0.5, 0.6) is 0 Å². The maximum Gasteiger partial charge on any atom is 0.320 e. The zero-order chi connectivity index (χ0) is 26.3. The smallest absolute Gasteiger partial charge is 0.320 e. The lowest BCUT2D eigenvalue weighted by molar-refractivity contribution is -0.138. The molecule has 1 fully saturated rings. The first kappa shape index (κ1) is 26.1. The minimum atomic E-state index is -4.57. The van der Waals surface area contributed by atoms with Gasteiger partial charge in [0.25, 0.3) is 0 Å². The Morgan fingerprint density at radius 3 is 2.39 bits per heavy atom. The van der Waals surface area contributed by atoms with Gasteiger partial charge in [-0.15, -0.1) is 0 Å². The number of benzene rings is 2. The van der Waals surface area contributed by atoms with Crippen molar-refractivity contribution in [3.8, 4) is 11.1 Å². The molecule has 36 heavy (non-hydrogen) atoms. The van der Waals surface area contributed by atoms with Gasteiger partial charge < -0.3 is 21.6 Å². The van der Waals surface area contributed by atoms with Gasteiger partial charge in [-0.1, -0.05) is 18.2 Å². The number of carboxylic acid groups (broad SMARTS) is 1. The third kappa shape index (κ3) is 4.96. The summed E-state index contributed by atoms with van der Waals surface area (Å²) in [6.45, 7) is -0.222. The van der Waals surface area contributed by atoms with Crippen molar-refractivity contribution in [1.29, 1.82) is 0 Å². The van der Waals surface area contributed by atoms with Crippen molar-refractivity contribution in [2.24, 2.45) is 16.6 Å². The van der Waals surface area contributed by atoms with E-state index in [1.807, 2.05) is 0 Å². The van der Waals surface area contributed by atoms with Crippen molar-refractivity contribution >= 4 is 36.9 Å². The molecule has 0 aliphatic carbocycles. The Balaban J connectivity index is 2.01. The number of para-hydroxylation sites is 1. The van der Waals surface area contributed by atoms with Gasteiger partial charge in [-0.2, -0.15) is 11.1 Å². The highest BCUT2D eigenvalue weighted by molar-refractivity contribution is 7.93. The Kier molecular flexibility index (Phi) is 7.10. The first-order valence-corrected chi connectivity index (χ1v) is 13.7. The van der Waals surface area contributed by atoms with Crippen LogP contribution in [0.2, 0.25) is 0 Å². The SMILES string of the molecule is NCCS(=O)(=O)c1ccc(-c2cccc3[nH]c(CC(N)C(=O)O)nc23)c(C2NNNN2)c1S(N)(=O)=O. The number of primary sulfonamides is 1. The second kappa shape index (κ2) is 9.81. The van der Waals surface area contributed by atoms with Crippen molar-refractivity contribution in [1.82, 2.24) is 31.9 Å². The molecular weight excluding hydrogens is 514 g/mol. The molecule has 15 nitrogen and oxygen atoms in total. The van der Waals surface area contributed by atoms with E-state index >= 15 is 0 Å². The van der Waals surface area contributed by atoms with Gasteiger partial charge in [-0.25, -0.2) is 37.8 Å². The second-order valence-corrected chi connectivity index (χ2v) is 11.6. The standard InChI is InChI=1S/C19H25N9O6S2/c20-6-7-35(31,32)13-5-4-9(15(17(13)36(22,33)34)18-25-27-28-26-18)10-2-1-3-12-16(10)24-14(23-12)8-11(21)19(29)30/h1-5,11,18,25-28H,6-8,20-21H2,(H,23,24)(H,29,30)(H2,22,33,34). The lowest BCUT2D eigenvalue weighted by Crippen LogP contribution is -2.33. The highest BCUT2D eigenvalue weighted by Crippen LogP contribution is 2.39. The highest BCUT2D eigenvalue weighted by Gasteiger charge is 2.34. The number of hydrazine groups is 3. The molecule has 17 heteroatoms. The van der Waals surface area contributed by atoms with Crippen molar-refractivity contribution in [2.45, 2.75) is 28.4 Å². The normalized spacial score (nSPS) is 16.0. The summed E-state index contributed by atoms with van der Waals surface area (Å²) in [4.78, 5) is 17.6. The molecule has 1 unspecified atom stereocenters. The zero-order valence-corrected chi connectivity index (χ0v) is 20.3. The maximum absolute atomic E-state index is 12.9. The summed E-state index contributed by atoms with van der Waals surface area (Å²) in [5.74, 6) is -1.37. The van der Waals surface area contributed by atoms with Crippen molar-refractivity contribution < 1.29 is 26.7 Å². The predicted molar refractivity (Wildman–Crippen MR) is 129 cm³/mol. The molecule has 4 rings (SSSR count). The number of sulfone groups is 1. The number of aromatic nitrogens is 2. The van der Waals surface area contributed by atoms with Crippen LogP contribution in [0.4, 0.5) is 0 Å².